The first-order chi connectivity index (χ1) is 7.43. The Labute approximate surface area is 93.2 Å². The highest BCUT2D eigenvalue weighted by Crippen LogP contribution is 1.82. The molecule has 0 aliphatic carbocycles. The number of carboxylic acid groups (broad SMARTS) is 1. The van der Waals surface area contributed by atoms with Crippen LogP contribution in [0.1, 0.15) is 13.8 Å². The quantitative estimate of drug-likeness (QED) is 0.475. The van der Waals surface area contributed by atoms with Crippen LogP contribution in [0.25, 0.3) is 0 Å². The van der Waals surface area contributed by atoms with Crippen LogP contribution in [0.15, 0.2) is 0 Å². The summed E-state index contributed by atoms with van der Waals surface area (Å²) >= 11 is 0. The van der Waals surface area contributed by atoms with Gasteiger partial charge in [0.2, 0.25) is 11.8 Å². The van der Waals surface area contributed by atoms with E-state index in [4.69, 9.17) is 9.84 Å². The van der Waals surface area contributed by atoms with Crippen molar-refractivity contribution in [2.24, 2.45) is 0 Å². The molecule has 0 radical (unpaired) electrons. The van der Waals surface area contributed by atoms with Gasteiger partial charge in [-0.2, -0.15) is 0 Å². The number of carbonyl (C=O) groups excluding carboxylic acids is 2. The Morgan fingerprint density at radius 1 is 1.38 bits per heavy atom. The van der Waals surface area contributed by atoms with Crippen molar-refractivity contribution in [1.29, 1.82) is 0 Å². The van der Waals surface area contributed by atoms with Gasteiger partial charge in [-0.3, -0.25) is 9.59 Å². The molecule has 0 heterocycles. The smallest absolute Gasteiger partial charge is 0.329 e. The molecule has 0 aromatic rings. The number of carbonyl (C=O) groups is 3. The van der Waals surface area contributed by atoms with Crippen molar-refractivity contribution in [2.45, 2.75) is 19.9 Å². The fourth-order valence-electron chi connectivity index (χ4n) is 0.929. The van der Waals surface area contributed by atoms with Gasteiger partial charge >= 0.3 is 5.97 Å². The third-order valence-electron chi connectivity index (χ3n) is 1.58. The number of ether oxygens (including phenoxy) is 1. The second-order valence-corrected chi connectivity index (χ2v) is 3.16. The number of carboxylic acids is 1. The first kappa shape index (κ1) is 14.4. The van der Waals surface area contributed by atoms with E-state index < -0.39 is 18.6 Å². The maximum atomic E-state index is 11.3. The van der Waals surface area contributed by atoms with E-state index in [0.717, 1.165) is 0 Å². The summed E-state index contributed by atoms with van der Waals surface area (Å²) in [6.45, 7) is 2.80. The van der Waals surface area contributed by atoms with Gasteiger partial charge in [-0.25, -0.2) is 4.79 Å². The van der Waals surface area contributed by atoms with E-state index in [1.165, 1.54) is 6.92 Å². The molecule has 0 aliphatic heterocycles. The minimum Gasteiger partial charge on any atom is -0.480 e. The molecule has 0 saturated carbocycles. The van der Waals surface area contributed by atoms with Crippen LogP contribution in [0.2, 0.25) is 0 Å². The lowest BCUT2D eigenvalue weighted by Gasteiger charge is -2.12. The lowest BCUT2D eigenvalue weighted by molar-refractivity contribution is -0.142. The molecule has 0 rings (SSSR count). The molecule has 0 spiro atoms. The van der Waals surface area contributed by atoms with E-state index in [1.54, 1.807) is 6.92 Å². The SMILES string of the molecule is CC(=O)NC(C)C(=O)NCCOCC(=O)O. The summed E-state index contributed by atoms with van der Waals surface area (Å²) in [5.41, 5.74) is 0. The maximum Gasteiger partial charge on any atom is 0.329 e. The minimum atomic E-state index is -1.06. The fourth-order valence-corrected chi connectivity index (χ4v) is 0.929. The van der Waals surface area contributed by atoms with Crippen LogP contribution >= 0.6 is 0 Å². The van der Waals surface area contributed by atoms with Crippen molar-refractivity contribution in [3.05, 3.63) is 0 Å². The number of nitrogens with one attached hydrogen (secondary N) is 2. The third-order valence-corrected chi connectivity index (χ3v) is 1.58. The van der Waals surface area contributed by atoms with Crippen LogP contribution in [0.5, 0.6) is 0 Å². The Bertz CT molecular complexity index is 267. The van der Waals surface area contributed by atoms with Gasteiger partial charge in [0.05, 0.1) is 6.61 Å². The van der Waals surface area contributed by atoms with Crippen LogP contribution < -0.4 is 10.6 Å². The standard InChI is InChI=1S/C9H16N2O5/c1-6(11-7(2)12)9(15)10-3-4-16-5-8(13)14/h6H,3-5H2,1-2H3,(H,10,15)(H,11,12)(H,13,14). The van der Waals surface area contributed by atoms with Crippen molar-refractivity contribution in [1.82, 2.24) is 10.6 Å². The molecular weight excluding hydrogens is 216 g/mol. The second kappa shape index (κ2) is 7.63. The summed E-state index contributed by atoms with van der Waals surface area (Å²) < 4.78 is 4.70. The molecule has 0 aromatic carbocycles. The maximum absolute atomic E-state index is 11.3. The van der Waals surface area contributed by atoms with E-state index in [0.29, 0.717) is 0 Å². The summed E-state index contributed by atoms with van der Waals surface area (Å²) in [4.78, 5) is 32.0. The topological polar surface area (TPSA) is 105 Å². The number of rotatable bonds is 7. The van der Waals surface area contributed by atoms with Crippen molar-refractivity contribution in [2.75, 3.05) is 19.8 Å². The van der Waals surface area contributed by atoms with Crippen LogP contribution in [0.3, 0.4) is 0 Å². The summed E-state index contributed by atoms with van der Waals surface area (Å²) in [7, 11) is 0. The molecule has 0 bridgehead atoms. The van der Waals surface area contributed by atoms with Gasteiger partial charge in [-0.1, -0.05) is 0 Å². The van der Waals surface area contributed by atoms with Gasteiger partial charge in [-0.05, 0) is 6.92 Å². The average Bonchev–Trinajstić information content (AvgIpc) is 2.15. The molecule has 0 aromatic heterocycles. The zero-order chi connectivity index (χ0) is 12.6. The van der Waals surface area contributed by atoms with Crippen LogP contribution in [0.4, 0.5) is 0 Å². The highest BCUT2D eigenvalue weighted by atomic mass is 16.5. The molecule has 7 nitrogen and oxygen atoms in total. The summed E-state index contributed by atoms with van der Waals surface area (Å²) in [6, 6.07) is -0.614. The molecule has 7 heteroatoms. The molecule has 1 unspecified atom stereocenters. The lowest BCUT2D eigenvalue weighted by Crippen LogP contribution is -2.44. The zero-order valence-electron chi connectivity index (χ0n) is 9.28. The Kier molecular flexibility index (Phi) is 6.86. The second-order valence-electron chi connectivity index (χ2n) is 3.16. The van der Waals surface area contributed by atoms with Crippen molar-refractivity contribution in [3.63, 3.8) is 0 Å². The molecule has 3 N–H and O–H groups in total. The van der Waals surface area contributed by atoms with Crippen LogP contribution in [-0.4, -0.2) is 48.7 Å². The Balaban J connectivity index is 3.57. The molecule has 1 atom stereocenters. The molecule has 0 aliphatic rings. The third kappa shape index (κ3) is 7.74. The fraction of sp³-hybridized carbons (Fsp3) is 0.667. The number of hydrogen-bond donors (Lipinski definition) is 3. The first-order valence-electron chi connectivity index (χ1n) is 4.78. The normalized spacial score (nSPS) is 11.6. The molecule has 0 fully saturated rings. The first-order valence-corrected chi connectivity index (χ1v) is 4.78. The molecular formula is C9H16N2O5. The zero-order valence-corrected chi connectivity index (χ0v) is 9.28. The van der Waals surface area contributed by atoms with Gasteiger partial charge in [0, 0.05) is 13.5 Å². The highest BCUT2D eigenvalue weighted by Gasteiger charge is 2.12. The number of amides is 2. The predicted octanol–water partition coefficient (Wildman–Crippen LogP) is -1.27. The minimum absolute atomic E-state index is 0.116. The van der Waals surface area contributed by atoms with Gasteiger partial charge in [-0.15, -0.1) is 0 Å². The largest absolute Gasteiger partial charge is 0.480 e. The average molecular weight is 232 g/mol. The van der Waals surface area contributed by atoms with Crippen LogP contribution in [0, 0.1) is 0 Å². The van der Waals surface area contributed by atoms with Gasteiger partial charge < -0.3 is 20.5 Å². The summed E-state index contributed by atoms with van der Waals surface area (Å²) in [5.74, 6) is -1.68. The number of aliphatic carboxylic acids is 1. The lowest BCUT2D eigenvalue weighted by atomic mass is 10.3. The summed E-state index contributed by atoms with van der Waals surface area (Å²) in [6.07, 6.45) is 0. The molecule has 16 heavy (non-hydrogen) atoms. The Morgan fingerprint density at radius 2 is 2.00 bits per heavy atom. The molecule has 2 amide bonds. The van der Waals surface area contributed by atoms with E-state index in [1.807, 2.05) is 0 Å². The van der Waals surface area contributed by atoms with Crippen molar-refractivity contribution < 1.29 is 24.2 Å². The van der Waals surface area contributed by atoms with Crippen molar-refractivity contribution in [3.8, 4) is 0 Å². The highest BCUT2D eigenvalue weighted by molar-refractivity contribution is 5.86. The Morgan fingerprint density at radius 3 is 2.50 bits per heavy atom. The molecule has 92 valence electrons. The molecule has 0 saturated heterocycles. The van der Waals surface area contributed by atoms with Gasteiger partial charge in [0.25, 0.3) is 0 Å². The van der Waals surface area contributed by atoms with Gasteiger partial charge in [0.1, 0.15) is 12.6 Å². The van der Waals surface area contributed by atoms with E-state index in [9.17, 15) is 14.4 Å². The van der Waals surface area contributed by atoms with E-state index in [2.05, 4.69) is 10.6 Å². The predicted molar refractivity (Wildman–Crippen MR) is 54.7 cm³/mol. The van der Waals surface area contributed by atoms with Gasteiger partial charge in [0.15, 0.2) is 0 Å². The van der Waals surface area contributed by atoms with Crippen molar-refractivity contribution >= 4 is 17.8 Å². The summed E-state index contributed by atoms with van der Waals surface area (Å²) in [5, 5.41) is 13.2. The van der Waals surface area contributed by atoms with Crippen LogP contribution in [-0.2, 0) is 19.1 Å². The Hall–Kier alpha value is -1.63. The van der Waals surface area contributed by atoms with E-state index in [-0.39, 0.29) is 25.0 Å². The monoisotopic (exact) mass is 232 g/mol. The van der Waals surface area contributed by atoms with E-state index >= 15 is 0 Å². The number of hydrogen-bond acceptors (Lipinski definition) is 4.